The second kappa shape index (κ2) is 5.95. The highest BCUT2D eigenvalue weighted by Crippen LogP contribution is 2.39. The van der Waals surface area contributed by atoms with E-state index in [1.165, 1.54) is 0 Å². The maximum absolute atomic E-state index is 11.1. The van der Waals surface area contributed by atoms with Crippen LogP contribution in [0.1, 0.15) is 49.9 Å². The van der Waals surface area contributed by atoms with Crippen molar-refractivity contribution in [2.75, 3.05) is 0 Å². The summed E-state index contributed by atoms with van der Waals surface area (Å²) in [6.07, 6.45) is 4.13. The molecule has 1 aromatic rings. The van der Waals surface area contributed by atoms with Crippen molar-refractivity contribution in [3.63, 3.8) is 0 Å². The molecule has 0 fully saturated rings. The highest BCUT2D eigenvalue weighted by molar-refractivity contribution is 5.93. The molecule has 0 aliphatic carbocycles. The number of hydrogen-bond acceptors (Lipinski definition) is 3. The zero-order chi connectivity index (χ0) is 13.8. The van der Waals surface area contributed by atoms with E-state index in [1.807, 2.05) is 0 Å². The van der Waals surface area contributed by atoms with Gasteiger partial charge in [-0.2, -0.15) is 0 Å². The third-order valence-electron chi connectivity index (χ3n) is 3.42. The van der Waals surface area contributed by atoms with E-state index >= 15 is 0 Å². The van der Waals surface area contributed by atoms with Crippen molar-refractivity contribution in [2.45, 2.75) is 45.8 Å². The number of ether oxygens (including phenoxy) is 2. The summed E-state index contributed by atoms with van der Waals surface area (Å²) in [5.41, 5.74) is 5.71. The first-order valence-electron chi connectivity index (χ1n) is 6.92. The third-order valence-corrected chi connectivity index (χ3v) is 3.42. The predicted molar refractivity (Wildman–Crippen MR) is 73.3 cm³/mol. The highest BCUT2D eigenvalue weighted by atomic mass is 16.7. The van der Waals surface area contributed by atoms with E-state index in [0.29, 0.717) is 23.0 Å². The van der Waals surface area contributed by atoms with E-state index in [9.17, 15) is 4.79 Å². The van der Waals surface area contributed by atoms with Crippen molar-refractivity contribution < 1.29 is 14.3 Å². The zero-order valence-electron chi connectivity index (χ0n) is 11.5. The van der Waals surface area contributed by atoms with Crippen LogP contribution in [-0.2, 0) is 0 Å². The van der Waals surface area contributed by atoms with E-state index in [0.717, 1.165) is 25.7 Å². The summed E-state index contributed by atoms with van der Waals surface area (Å²) in [5, 5.41) is 0. The quantitative estimate of drug-likeness (QED) is 0.857. The average molecular weight is 263 g/mol. The number of nitrogens with two attached hydrogens (primary N) is 1. The van der Waals surface area contributed by atoms with Gasteiger partial charge in [0.05, 0.1) is 0 Å². The van der Waals surface area contributed by atoms with Gasteiger partial charge in [0, 0.05) is 11.5 Å². The number of benzene rings is 1. The van der Waals surface area contributed by atoms with Gasteiger partial charge in [-0.15, -0.1) is 0 Å². The summed E-state index contributed by atoms with van der Waals surface area (Å²) in [6, 6.07) is 5.08. The van der Waals surface area contributed by atoms with Crippen LogP contribution in [0.2, 0.25) is 0 Å². The van der Waals surface area contributed by atoms with E-state index in [4.69, 9.17) is 15.2 Å². The van der Waals surface area contributed by atoms with E-state index in [-0.39, 0.29) is 6.29 Å². The molecule has 0 saturated carbocycles. The van der Waals surface area contributed by atoms with Gasteiger partial charge >= 0.3 is 0 Å². The molecule has 0 saturated heterocycles. The first-order valence-corrected chi connectivity index (χ1v) is 6.92. The minimum absolute atomic E-state index is 0.238. The van der Waals surface area contributed by atoms with Crippen LogP contribution in [-0.4, -0.2) is 12.2 Å². The molecule has 0 spiro atoms. The van der Waals surface area contributed by atoms with Crippen LogP contribution < -0.4 is 15.2 Å². The van der Waals surface area contributed by atoms with Gasteiger partial charge < -0.3 is 15.2 Å². The molecule has 4 nitrogen and oxygen atoms in total. The van der Waals surface area contributed by atoms with Crippen LogP contribution in [0.15, 0.2) is 18.2 Å². The van der Waals surface area contributed by atoms with Crippen LogP contribution in [0.3, 0.4) is 0 Å². The maximum atomic E-state index is 11.1. The number of rotatable bonds is 6. The second-order valence-corrected chi connectivity index (χ2v) is 4.97. The first kappa shape index (κ1) is 13.7. The number of carbonyl (C=O) groups excluding carboxylic acids is 1. The molecule has 0 bridgehead atoms. The molecule has 19 heavy (non-hydrogen) atoms. The molecule has 2 rings (SSSR count). The highest BCUT2D eigenvalue weighted by Gasteiger charge is 2.31. The lowest BCUT2D eigenvalue weighted by molar-refractivity contribution is -0.0109. The summed E-state index contributed by atoms with van der Waals surface area (Å²) < 4.78 is 11.7. The molecule has 1 aliphatic heterocycles. The molecular weight excluding hydrogens is 242 g/mol. The lowest BCUT2D eigenvalue weighted by Gasteiger charge is -2.21. The maximum Gasteiger partial charge on any atom is 0.248 e. The van der Waals surface area contributed by atoms with Gasteiger partial charge in [0.2, 0.25) is 12.2 Å². The molecule has 2 N–H and O–H groups in total. The van der Waals surface area contributed by atoms with Crippen molar-refractivity contribution in [3.8, 4) is 11.5 Å². The molecule has 0 aromatic heterocycles. The molecular formula is C15H21NO3. The Morgan fingerprint density at radius 3 is 2.42 bits per heavy atom. The van der Waals surface area contributed by atoms with Gasteiger partial charge in [-0.3, -0.25) is 4.79 Å². The molecule has 1 amide bonds. The molecule has 1 heterocycles. The Hall–Kier alpha value is -1.71. The standard InChI is InChI=1S/C15H21NO3/c1-3-5-10(6-4-2)15-18-12-8-7-11(14(16)17)9-13(12)19-15/h7-10,15H,3-6H2,1-2H3,(H2,16,17). The Labute approximate surface area is 113 Å². The summed E-state index contributed by atoms with van der Waals surface area (Å²) >= 11 is 0. The zero-order valence-corrected chi connectivity index (χ0v) is 11.5. The van der Waals surface area contributed by atoms with Crippen molar-refractivity contribution >= 4 is 5.91 Å². The van der Waals surface area contributed by atoms with Gasteiger partial charge in [-0.25, -0.2) is 0 Å². The molecule has 1 atom stereocenters. The number of carbonyl (C=O) groups is 1. The summed E-state index contributed by atoms with van der Waals surface area (Å²) in [7, 11) is 0. The molecule has 4 heteroatoms. The van der Waals surface area contributed by atoms with Crippen LogP contribution in [0, 0.1) is 5.92 Å². The van der Waals surface area contributed by atoms with Crippen molar-refractivity contribution in [1.82, 2.24) is 0 Å². The van der Waals surface area contributed by atoms with Gasteiger partial charge in [-0.1, -0.05) is 26.7 Å². The van der Waals surface area contributed by atoms with Crippen molar-refractivity contribution in [1.29, 1.82) is 0 Å². The average Bonchev–Trinajstić information content (AvgIpc) is 2.80. The Balaban J connectivity index is 2.12. The van der Waals surface area contributed by atoms with E-state index in [2.05, 4.69) is 13.8 Å². The normalized spacial score (nSPS) is 16.9. The summed E-state index contributed by atoms with van der Waals surface area (Å²) in [6.45, 7) is 4.33. The Morgan fingerprint density at radius 2 is 1.84 bits per heavy atom. The van der Waals surface area contributed by atoms with Gasteiger partial charge in [0.15, 0.2) is 11.5 Å². The van der Waals surface area contributed by atoms with Crippen molar-refractivity contribution in [2.24, 2.45) is 11.7 Å². The Kier molecular flexibility index (Phi) is 4.30. The largest absolute Gasteiger partial charge is 0.451 e. The van der Waals surface area contributed by atoms with Crippen molar-refractivity contribution in [3.05, 3.63) is 23.8 Å². The second-order valence-electron chi connectivity index (χ2n) is 4.97. The van der Waals surface area contributed by atoms with Gasteiger partial charge in [-0.05, 0) is 31.0 Å². The smallest absolute Gasteiger partial charge is 0.248 e. The Morgan fingerprint density at radius 1 is 1.21 bits per heavy atom. The lowest BCUT2D eigenvalue weighted by Crippen LogP contribution is -2.28. The monoisotopic (exact) mass is 263 g/mol. The predicted octanol–water partition coefficient (Wildman–Crippen LogP) is 3.10. The van der Waals surface area contributed by atoms with Crippen LogP contribution in [0.25, 0.3) is 0 Å². The minimum Gasteiger partial charge on any atom is -0.451 e. The summed E-state index contributed by atoms with van der Waals surface area (Å²) in [5.74, 6) is 1.26. The van der Waals surface area contributed by atoms with Crippen LogP contribution in [0.5, 0.6) is 11.5 Å². The molecule has 0 radical (unpaired) electrons. The number of hydrogen-bond donors (Lipinski definition) is 1. The van der Waals surface area contributed by atoms with E-state index < -0.39 is 5.91 Å². The Bertz CT molecular complexity index is 453. The molecule has 104 valence electrons. The number of fused-ring (bicyclic) bond motifs is 1. The molecule has 1 aromatic carbocycles. The fourth-order valence-electron chi connectivity index (χ4n) is 2.48. The summed E-state index contributed by atoms with van der Waals surface area (Å²) in [4.78, 5) is 11.1. The van der Waals surface area contributed by atoms with E-state index in [1.54, 1.807) is 18.2 Å². The van der Waals surface area contributed by atoms with Gasteiger partial charge in [0.25, 0.3) is 0 Å². The van der Waals surface area contributed by atoms with Crippen LogP contribution in [0.4, 0.5) is 0 Å². The third kappa shape index (κ3) is 3.00. The topological polar surface area (TPSA) is 61.5 Å². The first-order chi connectivity index (χ1) is 9.15. The lowest BCUT2D eigenvalue weighted by atomic mass is 9.98. The van der Waals surface area contributed by atoms with Crippen LogP contribution >= 0.6 is 0 Å². The minimum atomic E-state index is -0.450. The molecule has 1 unspecified atom stereocenters. The number of primary amides is 1. The fraction of sp³-hybridized carbons (Fsp3) is 0.533. The number of amides is 1. The molecule has 1 aliphatic rings. The SMILES string of the molecule is CCCC(CCC)C1Oc2ccc(C(N)=O)cc2O1. The van der Waals surface area contributed by atoms with Gasteiger partial charge in [0.1, 0.15) is 0 Å². The fourth-order valence-corrected chi connectivity index (χ4v) is 2.48.